The number of benzene rings is 1. The van der Waals surface area contributed by atoms with Crippen LogP contribution in [0.4, 0.5) is 10.1 Å². The highest BCUT2D eigenvalue weighted by atomic mass is 32.2. The molecular formula is C13H17FN2O2S. The predicted molar refractivity (Wildman–Crippen MR) is 74.3 cm³/mol. The second-order valence-electron chi connectivity index (χ2n) is 4.95. The largest absolute Gasteiger partial charge is 0.465 e. The summed E-state index contributed by atoms with van der Waals surface area (Å²) in [5, 5.41) is 3.87. The van der Waals surface area contributed by atoms with Crippen molar-refractivity contribution in [3.8, 4) is 0 Å². The molecule has 19 heavy (non-hydrogen) atoms. The van der Waals surface area contributed by atoms with Crippen molar-refractivity contribution < 1.29 is 13.9 Å². The van der Waals surface area contributed by atoms with E-state index in [9.17, 15) is 9.18 Å². The smallest absolute Gasteiger partial charge is 0.338 e. The molecule has 0 fully saturated rings. The molecule has 0 heterocycles. The highest BCUT2D eigenvalue weighted by Gasteiger charge is 2.16. The van der Waals surface area contributed by atoms with Crippen LogP contribution in [-0.4, -0.2) is 17.8 Å². The van der Waals surface area contributed by atoms with E-state index in [2.05, 4.69) is 14.4 Å². The molecule has 0 aromatic heterocycles. The molecule has 0 radical (unpaired) electrons. The van der Waals surface area contributed by atoms with Gasteiger partial charge in [-0.2, -0.15) is 0 Å². The Morgan fingerprint density at radius 2 is 2.00 bits per heavy atom. The Balaban J connectivity index is 3.10. The van der Waals surface area contributed by atoms with Crippen LogP contribution in [0.1, 0.15) is 36.7 Å². The summed E-state index contributed by atoms with van der Waals surface area (Å²) in [7, 11) is 1.28. The van der Waals surface area contributed by atoms with E-state index in [4.69, 9.17) is 0 Å². The van der Waals surface area contributed by atoms with Crippen LogP contribution in [0.25, 0.3) is 0 Å². The van der Waals surface area contributed by atoms with Crippen LogP contribution in [0.3, 0.4) is 0 Å². The zero-order valence-electron chi connectivity index (χ0n) is 11.7. The van der Waals surface area contributed by atoms with E-state index in [0.717, 1.165) is 0 Å². The van der Waals surface area contributed by atoms with Gasteiger partial charge in [-0.25, -0.2) is 9.18 Å². The Bertz CT molecular complexity index is 510. The molecule has 0 saturated heterocycles. The number of esters is 1. The normalized spacial score (nSPS) is 11.9. The Morgan fingerprint density at radius 1 is 1.37 bits per heavy atom. The number of hydrogen-bond acceptors (Lipinski definition) is 5. The third-order valence-corrected chi connectivity index (χ3v) is 2.95. The topological polar surface area (TPSA) is 51.0 Å². The van der Waals surface area contributed by atoms with Crippen molar-refractivity contribution in [3.63, 3.8) is 0 Å². The van der Waals surface area contributed by atoms with Gasteiger partial charge in [0.1, 0.15) is 5.69 Å². The summed E-state index contributed by atoms with van der Waals surface area (Å²) in [6.45, 7) is 7.55. The van der Waals surface area contributed by atoms with Gasteiger partial charge in [0.2, 0.25) is 0 Å². The maximum Gasteiger partial charge on any atom is 0.338 e. The minimum atomic E-state index is -0.516. The number of rotatable bonds is 3. The first kappa shape index (κ1) is 15.6. The van der Waals surface area contributed by atoms with Crippen molar-refractivity contribution in [2.75, 3.05) is 7.11 Å². The van der Waals surface area contributed by atoms with Crippen molar-refractivity contribution in [1.82, 2.24) is 0 Å². The van der Waals surface area contributed by atoms with Crippen molar-refractivity contribution in [1.29, 1.82) is 0 Å². The molecule has 0 amide bonds. The van der Waals surface area contributed by atoms with Gasteiger partial charge < -0.3 is 4.74 Å². The summed E-state index contributed by atoms with van der Waals surface area (Å²) in [5.41, 5.74) is 0.781. The number of ether oxygens (including phenoxy) is 1. The second-order valence-corrected chi connectivity index (χ2v) is 6.52. The van der Waals surface area contributed by atoms with E-state index in [1.54, 1.807) is 6.92 Å². The molecule has 0 atom stereocenters. The number of carbonyl (C=O) groups is 1. The summed E-state index contributed by atoms with van der Waals surface area (Å²) in [4.78, 5) is 11.5. The standard InChI is InChI=1S/C13H17FN2O2S/c1-8-9(12(17)18-5)6-7-10(14)11(8)15-16-19-13(2,3)4/h6-7H,1-5H3/b16-15+. The fourth-order valence-electron chi connectivity index (χ4n) is 1.30. The summed E-state index contributed by atoms with van der Waals surface area (Å²) in [5.74, 6) is -1.03. The zero-order valence-corrected chi connectivity index (χ0v) is 12.5. The molecule has 1 rings (SSSR count). The summed E-state index contributed by atoms with van der Waals surface area (Å²) < 4.78 is 22.1. The van der Waals surface area contributed by atoms with Crippen molar-refractivity contribution in [2.45, 2.75) is 32.4 Å². The molecule has 0 saturated carbocycles. The van der Waals surface area contributed by atoms with Crippen LogP contribution in [0, 0.1) is 12.7 Å². The molecule has 0 N–H and O–H groups in total. The van der Waals surface area contributed by atoms with Gasteiger partial charge in [-0.1, -0.05) is 0 Å². The van der Waals surface area contributed by atoms with Gasteiger partial charge in [0.25, 0.3) is 0 Å². The fourth-order valence-corrected chi connectivity index (χ4v) is 1.67. The lowest BCUT2D eigenvalue weighted by Gasteiger charge is -2.11. The third-order valence-electron chi connectivity index (χ3n) is 2.24. The number of halogens is 1. The molecule has 0 bridgehead atoms. The first-order valence-corrected chi connectivity index (χ1v) is 6.50. The van der Waals surface area contributed by atoms with E-state index in [0.29, 0.717) is 11.1 Å². The monoisotopic (exact) mass is 284 g/mol. The lowest BCUT2D eigenvalue weighted by atomic mass is 10.1. The lowest BCUT2D eigenvalue weighted by molar-refractivity contribution is 0.0600. The van der Waals surface area contributed by atoms with Gasteiger partial charge in [-0.3, -0.25) is 0 Å². The molecule has 0 aliphatic carbocycles. The molecule has 0 spiro atoms. The average Bonchev–Trinajstić information content (AvgIpc) is 2.31. The van der Waals surface area contributed by atoms with Crippen molar-refractivity contribution in [3.05, 3.63) is 29.1 Å². The Morgan fingerprint density at radius 3 is 2.53 bits per heavy atom. The first-order chi connectivity index (χ1) is 8.76. The highest BCUT2D eigenvalue weighted by Crippen LogP contribution is 2.30. The Labute approximate surface area is 116 Å². The van der Waals surface area contributed by atoms with Crippen LogP contribution in [0.5, 0.6) is 0 Å². The summed E-state index contributed by atoms with van der Waals surface area (Å²) >= 11 is 1.24. The van der Waals surface area contributed by atoms with Gasteiger partial charge in [0.15, 0.2) is 5.82 Å². The fraction of sp³-hybridized carbons (Fsp3) is 0.462. The maximum absolute atomic E-state index is 13.7. The van der Waals surface area contributed by atoms with Crippen LogP contribution in [0.15, 0.2) is 21.8 Å². The molecule has 1 aromatic carbocycles. The van der Waals surface area contributed by atoms with Crippen LogP contribution >= 0.6 is 11.9 Å². The van der Waals surface area contributed by atoms with Gasteiger partial charge >= 0.3 is 5.97 Å². The van der Waals surface area contributed by atoms with Crippen molar-refractivity contribution >= 4 is 23.6 Å². The van der Waals surface area contributed by atoms with E-state index in [-0.39, 0.29) is 10.4 Å². The summed E-state index contributed by atoms with van der Waals surface area (Å²) in [6.07, 6.45) is 0. The van der Waals surface area contributed by atoms with Crippen LogP contribution < -0.4 is 0 Å². The molecule has 0 aliphatic rings. The molecule has 0 aliphatic heterocycles. The average molecular weight is 284 g/mol. The minimum absolute atomic E-state index is 0.0691. The maximum atomic E-state index is 13.7. The van der Waals surface area contributed by atoms with E-state index >= 15 is 0 Å². The number of methoxy groups -OCH3 is 1. The van der Waals surface area contributed by atoms with E-state index in [1.807, 2.05) is 20.8 Å². The number of carbonyl (C=O) groups excluding carboxylic acids is 1. The number of nitrogens with zero attached hydrogens (tertiary/aromatic N) is 2. The second kappa shape index (κ2) is 6.14. The molecule has 0 unspecified atom stereocenters. The first-order valence-electron chi connectivity index (χ1n) is 5.73. The van der Waals surface area contributed by atoms with Gasteiger partial charge in [0, 0.05) is 16.7 Å². The highest BCUT2D eigenvalue weighted by molar-refractivity contribution is 7.99. The molecular weight excluding hydrogens is 267 g/mol. The molecule has 1 aromatic rings. The van der Waals surface area contributed by atoms with Crippen molar-refractivity contribution in [2.24, 2.45) is 9.63 Å². The van der Waals surface area contributed by atoms with Crippen LogP contribution in [-0.2, 0) is 4.74 Å². The molecule has 104 valence electrons. The lowest BCUT2D eigenvalue weighted by Crippen LogP contribution is -2.05. The zero-order chi connectivity index (χ0) is 14.6. The molecule has 6 heteroatoms. The van der Waals surface area contributed by atoms with E-state index in [1.165, 1.54) is 31.2 Å². The van der Waals surface area contributed by atoms with Crippen LogP contribution in [0.2, 0.25) is 0 Å². The van der Waals surface area contributed by atoms with Gasteiger partial charge in [-0.05, 0) is 45.4 Å². The van der Waals surface area contributed by atoms with Gasteiger partial charge in [0.05, 0.1) is 12.7 Å². The Hall–Kier alpha value is -1.43. The summed E-state index contributed by atoms with van der Waals surface area (Å²) in [6, 6.07) is 2.57. The van der Waals surface area contributed by atoms with E-state index < -0.39 is 11.8 Å². The number of hydrogen-bond donors (Lipinski definition) is 0. The Kier molecular flexibility index (Phi) is 5.05. The predicted octanol–water partition coefficient (Wildman–Crippen LogP) is 4.45. The quantitative estimate of drug-likeness (QED) is 0.468. The van der Waals surface area contributed by atoms with Gasteiger partial charge in [-0.15, -0.1) is 9.63 Å². The SMILES string of the molecule is COC(=O)c1ccc(F)c(/N=N/SC(C)(C)C)c1C. The third kappa shape index (κ3) is 4.31. The molecule has 4 nitrogen and oxygen atoms in total. The minimum Gasteiger partial charge on any atom is -0.465 e.